The van der Waals surface area contributed by atoms with Crippen molar-refractivity contribution in [3.05, 3.63) is 22.2 Å². The third-order valence-corrected chi connectivity index (χ3v) is 9.10. The molecule has 0 saturated carbocycles. The number of aromatic nitrogens is 2. The van der Waals surface area contributed by atoms with Gasteiger partial charge in [0.1, 0.15) is 0 Å². The van der Waals surface area contributed by atoms with Crippen LogP contribution in [0.5, 0.6) is 0 Å². The lowest BCUT2D eigenvalue weighted by atomic mass is 10.0. The number of carbonyl (C=O) groups excluding carboxylic acids is 1. The quantitative estimate of drug-likeness (QED) is 0.0351. The molecule has 0 fully saturated rings. The van der Waals surface area contributed by atoms with E-state index in [1.54, 1.807) is 6.07 Å². The van der Waals surface area contributed by atoms with E-state index >= 15 is 0 Å². The topological polar surface area (TPSA) is 164 Å². The fourth-order valence-electron chi connectivity index (χ4n) is 6.13. The molecule has 2 atom stereocenters. The predicted molar refractivity (Wildman–Crippen MR) is 188 cm³/mol. The number of nitro benzene ring substituents is 1. The van der Waals surface area contributed by atoms with Gasteiger partial charge in [-0.05, 0) is 35.6 Å². The van der Waals surface area contributed by atoms with Crippen LogP contribution >= 0.6 is 0 Å². The van der Waals surface area contributed by atoms with Gasteiger partial charge >= 0.3 is 5.69 Å². The Balaban J connectivity index is 1.38. The van der Waals surface area contributed by atoms with E-state index in [-0.39, 0.29) is 23.7 Å². The zero-order valence-corrected chi connectivity index (χ0v) is 29.1. The molecule has 0 aliphatic rings. The highest BCUT2D eigenvalue weighted by Gasteiger charge is 2.20. The number of rotatable bonds is 31. The molecule has 11 heteroatoms. The van der Waals surface area contributed by atoms with Crippen LogP contribution in [0, 0.1) is 10.1 Å². The second-order valence-corrected chi connectivity index (χ2v) is 13.2. The van der Waals surface area contributed by atoms with Gasteiger partial charge in [0.2, 0.25) is 11.4 Å². The first-order valence-corrected chi connectivity index (χ1v) is 18.7. The molecule has 2 aromatic rings. The van der Waals surface area contributed by atoms with Crippen molar-refractivity contribution in [2.75, 3.05) is 18.5 Å². The molecule has 0 spiro atoms. The van der Waals surface area contributed by atoms with Gasteiger partial charge in [-0.2, -0.15) is 0 Å². The summed E-state index contributed by atoms with van der Waals surface area (Å²) in [6, 6.07) is 2.48. The number of fused-ring (bicyclic) bond motifs is 1. The second kappa shape index (κ2) is 26.2. The van der Waals surface area contributed by atoms with Crippen LogP contribution in [0.1, 0.15) is 161 Å². The zero-order valence-electron chi connectivity index (χ0n) is 29.1. The van der Waals surface area contributed by atoms with E-state index in [1.165, 1.54) is 89.5 Å². The van der Waals surface area contributed by atoms with Gasteiger partial charge in [-0.25, -0.2) is 4.63 Å². The van der Waals surface area contributed by atoms with Crippen molar-refractivity contribution in [3.63, 3.8) is 0 Å². The highest BCUT2D eigenvalue weighted by Crippen LogP contribution is 2.28. The number of benzene rings is 1. The molecule has 0 saturated heterocycles. The standard InChI is InChI=1S/C36H63N5O6/c1-2-3-4-5-6-7-8-9-10-12-15-18-21-24-33(43)31(29-42)38-34(44)25-22-19-16-13-11-14-17-20-23-28-37-30-26-27-32(41(45)46)36-35(30)39-47-40-36/h26-27,31,33,37,42-43H,2-25,28-29H2,1H3,(H,38,44). The molecule has 0 bridgehead atoms. The van der Waals surface area contributed by atoms with Crippen molar-refractivity contribution >= 4 is 28.3 Å². The molecule has 268 valence electrons. The molecular formula is C36H63N5O6. The number of aliphatic hydroxyl groups excluding tert-OH is 2. The van der Waals surface area contributed by atoms with Crippen LogP contribution in [0.3, 0.4) is 0 Å². The summed E-state index contributed by atoms with van der Waals surface area (Å²) in [6.07, 6.45) is 26.7. The SMILES string of the molecule is CCCCCCCCCCCCCCCC(O)C(CO)NC(=O)CCCCCCCCCCCNc1ccc([N+](=O)[O-])c2nonc12. The molecule has 0 aliphatic heterocycles. The fourth-order valence-corrected chi connectivity index (χ4v) is 6.13. The first-order valence-electron chi connectivity index (χ1n) is 18.7. The van der Waals surface area contributed by atoms with Crippen LogP contribution in [0.15, 0.2) is 16.8 Å². The zero-order chi connectivity index (χ0) is 34.0. The number of nitrogens with zero attached hydrogens (tertiary/aromatic N) is 3. The third-order valence-electron chi connectivity index (χ3n) is 9.10. The van der Waals surface area contributed by atoms with E-state index in [4.69, 9.17) is 4.63 Å². The number of unbranched alkanes of at least 4 members (excludes halogenated alkanes) is 20. The highest BCUT2D eigenvalue weighted by molar-refractivity contribution is 5.93. The summed E-state index contributed by atoms with van der Waals surface area (Å²) in [5.74, 6) is -0.0867. The normalized spacial score (nSPS) is 12.7. The summed E-state index contributed by atoms with van der Waals surface area (Å²) in [4.78, 5) is 23.0. The highest BCUT2D eigenvalue weighted by atomic mass is 16.6. The van der Waals surface area contributed by atoms with Crippen molar-refractivity contribution in [2.24, 2.45) is 0 Å². The molecule has 0 radical (unpaired) electrons. The Morgan fingerprint density at radius 2 is 1.30 bits per heavy atom. The van der Waals surface area contributed by atoms with Crippen molar-refractivity contribution in [2.45, 2.75) is 173 Å². The first kappa shape index (κ1) is 40.4. The number of hydrogen-bond donors (Lipinski definition) is 4. The summed E-state index contributed by atoms with van der Waals surface area (Å²) in [6.45, 7) is 2.77. The average Bonchev–Trinajstić information content (AvgIpc) is 3.56. The molecule has 0 aliphatic carbocycles. The van der Waals surface area contributed by atoms with Crippen molar-refractivity contribution in [1.29, 1.82) is 0 Å². The maximum Gasteiger partial charge on any atom is 0.300 e. The Kier molecular flexibility index (Phi) is 22.5. The number of non-ortho nitro benzene ring substituents is 1. The Morgan fingerprint density at radius 3 is 1.85 bits per heavy atom. The van der Waals surface area contributed by atoms with Crippen molar-refractivity contribution in [3.8, 4) is 0 Å². The van der Waals surface area contributed by atoms with Crippen LogP contribution in [0.2, 0.25) is 0 Å². The van der Waals surface area contributed by atoms with E-state index in [0.717, 1.165) is 64.3 Å². The summed E-state index contributed by atoms with van der Waals surface area (Å²) < 4.78 is 4.70. The van der Waals surface area contributed by atoms with Gasteiger partial charge in [0.05, 0.1) is 29.4 Å². The second-order valence-electron chi connectivity index (χ2n) is 13.2. The molecule has 1 heterocycles. The lowest BCUT2D eigenvalue weighted by Crippen LogP contribution is -2.45. The monoisotopic (exact) mass is 661 g/mol. The Labute approximate surface area is 282 Å². The van der Waals surface area contributed by atoms with Crippen molar-refractivity contribution in [1.82, 2.24) is 15.6 Å². The van der Waals surface area contributed by atoms with Gasteiger partial charge in [0, 0.05) is 19.0 Å². The van der Waals surface area contributed by atoms with Crippen LogP contribution in [-0.4, -0.2) is 56.7 Å². The van der Waals surface area contributed by atoms with Gasteiger partial charge in [0.25, 0.3) is 0 Å². The lowest BCUT2D eigenvalue weighted by molar-refractivity contribution is -0.383. The smallest absolute Gasteiger partial charge is 0.300 e. The van der Waals surface area contributed by atoms with Crippen molar-refractivity contribution < 1.29 is 24.6 Å². The maximum atomic E-state index is 12.4. The lowest BCUT2D eigenvalue weighted by Gasteiger charge is -2.22. The van der Waals surface area contributed by atoms with E-state index in [9.17, 15) is 25.1 Å². The Morgan fingerprint density at radius 1 is 0.787 bits per heavy atom. The van der Waals surface area contributed by atoms with E-state index in [1.807, 2.05) is 0 Å². The number of anilines is 1. The summed E-state index contributed by atoms with van der Waals surface area (Å²) in [5, 5.41) is 44.9. The van der Waals surface area contributed by atoms with Gasteiger partial charge in [-0.15, -0.1) is 0 Å². The van der Waals surface area contributed by atoms with Crippen LogP contribution < -0.4 is 10.6 Å². The maximum absolute atomic E-state index is 12.4. The summed E-state index contributed by atoms with van der Waals surface area (Å²) >= 11 is 0. The summed E-state index contributed by atoms with van der Waals surface area (Å²) in [7, 11) is 0. The van der Waals surface area contributed by atoms with E-state index in [2.05, 4.69) is 27.9 Å². The summed E-state index contributed by atoms with van der Waals surface area (Å²) in [5.41, 5.74) is 1.11. The van der Waals surface area contributed by atoms with Gasteiger partial charge in [-0.3, -0.25) is 14.9 Å². The molecule has 1 amide bonds. The Hall–Kier alpha value is -2.79. The van der Waals surface area contributed by atoms with E-state index < -0.39 is 17.1 Å². The number of nitro groups is 1. The van der Waals surface area contributed by atoms with E-state index in [0.29, 0.717) is 24.0 Å². The molecule has 2 rings (SSSR count). The number of hydrogen-bond acceptors (Lipinski definition) is 9. The predicted octanol–water partition coefficient (Wildman–Crippen LogP) is 8.76. The molecule has 2 unspecified atom stereocenters. The number of amides is 1. The fraction of sp³-hybridized carbons (Fsp3) is 0.806. The number of carbonyl (C=O) groups is 1. The first-order chi connectivity index (χ1) is 23.0. The van der Waals surface area contributed by atoms with Crippen LogP contribution in [0.25, 0.3) is 11.0 Å². The molecule has 1 aromatic heterocycles. The molecular weight excluding hydrogens is 598 g/mol. The minimum atomic E-state index is -0.698. The average molecular weight is 662 g/mol. The Bertz CT molecular complexity index is 1100. The van der Waals surface area contributed by atoms with Crippen LogP contribution in [-0.2, 0) is 4.79 Å². The molecule has 47 heavy (non-hydrogen) atoms. The number of nitrogens with one attached hydrogen (secondary N) is 2. The third kappa shape index (κ3) is 17.8. The minimum absolute atomic E-state index is 0.0867. The minimum Gasteiger partial charge on any atom is -0.394 e. The molecule has 1 aromatic carbocycles. The van der Waals surface area contributed by atoms with Gasteiger partial charge in [0.15, 0.2) is 5.52 Å². The van der Waals surface area contributed by atoms with Gasteiger partial charge < -0.3 is 20.8 Å². The number of aliphatic hydroxyl groups is 2. The molecule has 4 N–H and O–H groups in total. The van der Waals surface area contributed by atoms with Crippen LogP contribution in [0.4, 0.5) is 11.4 Å². The molecule has 11 nitrogen and oxygen atoms in total. The largest absolute Gasteiger partial charge is 0.394 e. The van der Waals surface area contributed by atoms with Gasteiger partial charge in [-0.1, -0.05) is 135 Å².